The van der Waals surface area contributed by atoms with Crippen LogP contribution in [0.4, 0.5) is 4.39 Å². The zero-order valence-electron chi connectivity index (χ0n) is 12.7. The molecule has 1 aliphatic heterocycles. The molecule has 1 aromatic rings. The summed E-state index contributed by atoms with van der Waals surface area (Å²) in [6.07, 6.45) is -0.0269. The molecule has 0 saturated carbocycles. The highest BCUT2D eigenvalue weighted by molar-refractivity contribution is 5.94. The number of β-amino-alcohol motifs (C(OH)–C–C–N with tert-alkyl or cyclic N) is 1. The van der Waals surface area contributed by atoms with E-state index in [2.05, 4.69) is 5.32 Å². The number of hydrogen-bond acceptors (Lipinski definition) is 4. The summed E-state index contributed by atoms with van der Waals surface area (Å²) in [5.74, 6) is -1.12. The number of aliphatic hydroxyl groups is 2. The van der Waals surface area contributed by atoms with Crippen molar-refractivity contribution in [3.63, 3.8) is 0 Å². The minimum absolute atomic E-state index is 0.0864. The van der Waals surface area contributed by atoms with Gasteiger partial charge in [0, 0.05) is 44.1 Å². The summed E-state index contributed by atoms with van der Waals surface area (Å²) in [4.78, 5) is 25.4. The first-order chi connectivity index (χ1) is 11.0. The summed E-state index contributed by atoms with van der Waals surface area (Å²) in [7, 11) is 0. The zero-order valence-corrected chi connectivity index (χ0v) is 12.7. The van der Waals surface area contributed by atoms with Crippen molar-refractivity contribution < 1.29 is 24.2 Å². The zero-order chi connectivity index (χ0) is 16.8. The van der Waals surface area contributed by atoms with E-state index in [0.29, 0.717) is 18.5 Å². The molecule has 2 atom stereocenters. The number of amides is 2. The van der Waals surface area contributed by atoms with E-state index in [1.54, 1.807) is 4.90 Å². The molecule has 0 aliphatic carbocycles. The Morgan fingerprint density at radius 3 is 2.61 bits per heavy atom. The first-order valence-electron chi connectivity index (χ1n) is 7.61. The third-order valence-corrected chi connectivity index (χ3v) is 4.04. The van der Waals surface area contributed by atoms with E-state index < -0.39 is 11.9 Å². The van der Waals surface area contributed by atoms with Crippen LogP contribution in [0.2, 0.25) is 0 Å². The second-order valence-electron chi connectivity index (χ2n) is 5.65. The van der Waals surface area contributed by atoms with Crippen molar-refractivity contribution in [3.05, 3.63) is 35.6 Å². The Morgan fingerprint density at radius 2 is 2.00 bits per heavy atom. The number of carbonyl (C=O) groups is 2. The minimum atomic E-state index is -0.716. The van der Waals surface area contributed by atoms with Crippen molar-refractivity contribution in [3.8, 4) is 0 Å². The van der Waals surface area contributed by atoms with Gasteiger partial charge in [0.2, 0.25) is 5.91 Å². The Hall–Kier alpha value is -1.99. The molecule has 1 aliphatic rings. The monoisotopic (exact) mass is 324 g/mol. The number of nitrogens with zero attached hydrogens (tertiary/aromatic N) is 1. The lowest BCUT2D eigenvalue weighted by Crippen LogP contribution is -2.48. The molecule has 0 bridgehead atoms. The maximum Gasteiger partial charge on any atom is 0.251 e. The Morgan fingerprint density at radius 1 is 1.30 bits per heavy atom. The summed E-state index contributed by atoms with van der Waals surface area (Å²) in [6, 6.07) is 5.16. The summed E-state index contributed by atoms with van der Waals surface area (Å²) in [5, 5.41) is 21.5. The van der Waals surface area contributed by atoms with Gasteiger partial charge in [0.05, 0.1) is 6.10 Å². The first-order valence-corrected chi connectivity index (χ1v) is 7.61. The largest absolute Gasteiger partial charge is 0.396 e. The summed E-state index contributed by atoms with van der Waals surface area (Å²) >= 11 is 0. The van der Waals surface area contributed by atoms with E-state index in [4.69, 9.17) is 5.11 Å². The number of nitrogens with one attached hydrogen (secondary N) is 1. The number of carbonyl (C=O) groups excluding carboxylic acids is 2. The van der Waals surface area contributed by atoms with Crippen LogP contribution < -0.4 is 5.32 Å². The van der Waals surface area contributed by atoms with Crippen molar-refractivity contribution in [2.75, 3.05) is 26.2 Å². The standard InChI is InChI=1S/C16H21FN2O4/c17-13-3-1-11(2-4-13)16(23)18-7-5-15(22)19-8-6-12(10-20)14(21)9-19/h1-4,12,14,20-21H,5-10H2,(H,18,23)/t12-,14+/m1/s1. The molecule has 6 nitrogen and oxygen atoms in total. The average Bonchev–Trinajstić information content (AvgIpc) is 2.55. The number of likely N-dealkylation sites (tertiary alicyclic amines) is 1. The predicted molar refractivity (Wildman–Crippen MR) is 81.1 cm³/mol. The van der Waals surface area contributed by atoms with Crippen LogP contribution in [0.15, 0.2) is 24.3 Å². The molecule has 0 unspecified atom stereocenters. The van der Waals surface area contributed by atoms with Gasteiger partial charge in [0.1, 0.15) is 5.82 Å². The van der Waals surface area contributed by atoms with Gasteiger partial charge in [-0.15, -0.1) is 0 Å². The number of halogens is 1. The molecular weight excluding hydrogens is 303 g/mol. The fraction of sp³-hybridized carbons (Fsp3) is 0.500. The van der Waals surface area contributed by atoms with Gasteiger partial charge in [-0.3, -0.25) is 9.59 Å². The van der Waals surface area contributed by atoms with Gasteiger partial charge in [-0.05, 0) is 30.7 Å². The van der Waals surface area contributed by atoms with Gasteiger partial charge in [0.15, 0.2) is 0 Å². The van der Waals surface area contributed by atoms with Gasteiger partial charge < -0.3 is 20.4 Å². The van der Waals surface area contributed by atoms with Crippen LogP contribution in [0.25, 0.3) is 0 Å². The van der Waals surface area contributed by atoms with Gasteiger partial charge >= 0.3 is 0 Å². The predicted octanol–water partition coefficient (Wildman–Crippen LogP) is 0.147. The van der Waals surface area contributed by atoms with E-state index in [1.165, 1.54) is 24.3 Å². The maximum atomic E-state index is 12.8. The van der Waals surface area contributed by atoms with Crippen LogP contribution in [0.5, 0.6) is 0 Å². The average molecular weight is 324 g/mol. The Bertz CT molecular complexity index is 550. The first kappa shape index (κ1) is 17.4. The molecule has 2 rings (SSSR count). The van der Waals surface area contributed by atoms with Crippen LogP contribution >= 0.6 is 0 Å². The van der Waals surface area contributed by atoms with E-state index in [0.717, 1.165) is 0 Å². The molecule has 7 heteroatoms. The van der Waals surface area contributed by atoms with Gasteiger partial charge in [-0.25, -0.2) is 4.39 Å². The van der Waals surface area contributed by atoms with Gasteiger partial charge in [-0.2, -0.15) is 0 Å². The Balaban J connectivity index is 1.74. The number of benzene rings is 1. The van der Waals surface area contributed by atoms with Crippen molar-refractivity contribution in [1.82, 2.24) is 10.2 Å². The second kappa shape index (κ2) is 8.03. The lowest BCUT2D eigenvalue weighted by Gasteiger charge is -2.35. The Kier molecular flexibility index (Phi) is 6.06. The molecule has 1 saturated heterocycles. The molecule has 0 spiro atoms. The molecule has 0 radical (unpaired) electrons. The summed E-state index contributed by atoms with van der Waals surface area (Å²) < 4.78 is 12.8. The minimum Gasteiger partial charge on any atom is -0.396 e. The molecule has 3 N–H and O–H groups in total. The highest BCUT2D eigenvalue weighted by Crippen LogP contribution is 2.17. The van der Waals surface area contributed by atoms with Gasteiger partial charge in [0.25, 0.3) is 5.91 Å². The van der Waals surface area contributed by atoms with Crippen LogP contribution in [-0.4, -0.2) is 59.3 Å². The molecule has 2 amide bonds. The lowest BCUT2D eigenvalue weighted by molar-refractivity contribution is -0.136. The van der Waals surface area contributed by atoms with E-state index in [1.807, 2.05) is 0 Å². The lowest BCUT2D eigenvalue weighted by atomic mass is 9.94. The topological polar surface area (TPSA) is 89.9 Å². The van der Waals surface area contributed by atoms with Crippen molar-refractivity contribution in [2.45, 2.75) is 18.9 Å². The van der Waals surface area contributed by atoms with E-state index in [9.17, 15) is 19.1 Å². The highest BCUT2D eigenvalue weighted by Gasteiger charge is 2.29. The van der Waals surface area contributed by atoms with Crippen LogP contribution in [0.1, 0.15) is 23.2 Å². The molecule has 23 heavy (non-hydrogen) atoms. The molecule has 1 heterocycles. The van der Waals surface area contributed by atoms with Crippen LogP contribution in [0, 0.1) is 11.7 Å². The smallest absolute Gasteiger partial charge is 0.251 e. The van der Waals surface area contributed by atoms with Crippen molar-refractivity contribution >= 4 is 11.8 Å². The molecular formula is C16H21FN2O4. The number of hydrogen-bond donors (Lipinski definition) is 3. The second-order valence-corrected chi connectivity index (χ2v) is 5.65. The van der Waals surface area contributed by atoms with E-state index >= 15 is 0 Å². The number of aliphatic hydroxyl groups excluding tert-OH is 2. The molecule has 1 aromatic carbocycles. The third-order valence-electron chi connectivity index (χ3n) is 4.04. The fourth-order valence-electron chi connectivity index (χ4n) is 2.56. The van der Waals surface area contributed by atoms with Crippen LogP contribution in [0.3, 0.4) is 0 Å². The normalized spacial score (nSPS) is 21.1. The van der Waals surface area contributed by atoms with E-state index in [-0.39, 0.29) is 43.8 Å². The summed E-state index contributed by atoms with van der Waals surface area (Å²) in [6.45, 7) is 0.783. The Labute approximate surface area is 133 Å². The number of piperidine rings is 1. The molecule has 126 valence electrons. The quantitative estimate of drug-likeness (QED) is 0.719. The summed E-state index contributed by atoms with van der Waals surface area (Å²) in [5.41, 5.74) is 0.332. The van der Waals surface area contributed by atoms with Crippen molar-refractivity contribution in [2.24, 2.45) is 5.92 Å². The highest BCUT2D eigenvalue weighted by atomic mass is 19.1. The number of rotatable bonds is 5. The van der Waals surface area contributed by atoms with Gasteiger partial charge in [-0.1, -0.05) is 0 Å². The molecule has 1 fully saturated rings. The van der Waals surface area contributed by atoms with Crippen molar-refractivity contribution in [1.29, 1.82) is 0 Å². The SMILES string of the molecule is O=C(NCCC(=O)N1CC[C@H](CO)[C@@H](O)C1)c1ccc(F)cc1. The van der Waals surface area contributed by atoms with Crippen LogP contribution in [-0.2, 0) is 4.79 Å². The molecule has 0 aromatic heterocycles. The maximum absolute atomic E-state index is 12.8. The fourth-order valence-corrected chi connectivity index (χ4v) is 2.56. The third kappa shape index (κ3) is 4.74.